The van der Waals surface area contributed by atoms with E-state index in [-0.39, 0.29) is 5.56 Å². The molecule has 4 rings (SSSR count). The Morgan fingerprint density at radius 3 is 2.91 bits per heavy atom. The minimum Gasteiger partial charge on any atom is -0.295 e. The van der Waals surface area contributed by atoms with Gasteiger partial charge in [-0.3, -0.25) is 9.69 Å². The van der Waals surface area contributed by atoms with Crippen molar-refractivity contribution in [2.24, 2.45) is 0 Å². The Hall–Kier alpha value is -1.50. The molecule has 0 N–H and O–H groups in total. The molecule has 4 nitrogen and oxygen atoms in total. The van der Waals surface area contributed by atoms with Crippen molar-refractivity contribution in [3.05, 3.63) is 63.5 Å². The van der Waals surface area contributed by atoms with Crippen LogP contribution in [0.25, 0.3) is 10.2 Å². The minimum atomic E-state index is -0.0150. The largest absolute Gasteiger partial charge is 0.295 e. The molecule has 1 aromatic carbocycles. The molecule has 23 heavy (non-hydrogen) atoms. The number of fused-ring (bicyclic) bond motifs is 1. The van der Waals surface area contributed by atoms with Crippen molar-refractivity contribution >= 4 is 37.7 Å². The molecule has 0 bridgehead atoms. The molecule has 6 heteroatoms. The van der Waals surface area contributed by atoms with E-state index in [1.54, 1.807) is 0 Å². The van der Waals surface area contributed by atoms with E-state index >= 15 is 0 Å². The zero-order valence-electron chi connectivity index (χ0n) is 12.5. The topological polar surface area (TPSA) is 38.1 Å². The smallest absolute Gasteiger partial charge is 0.281 e. The van der Waals surface area contributed by atoms with Gasteiger partial charge in [0.05, 0.1) is 28.2 Å². The maximum Gasteiger partial charge on any atom is 0.281 e. The third-order valence-electron chi connectivity index (χ3n) is 4.40. The van der Waals surface area contributed by atoms with Gasteiger partial charge in [0.1, 0.15) is 10.5 Å². The standard InChI is InChI=1S/C17H16BrN3OS/c18-21-15(19-14-7-9-23-16(14)17(21)22)11-20-8-6-13(10-20)12-4-2-1-3-5-12/h1-5,7,9,13H,6,8,10-11H2. The van der Waals surface area contributed by atoms with Gasteiger partial charge in [0.25, 0.3) is 5.56 Å². The van der Waals surface area contributed by atoms with E-state index in [4.69, 9.17) is 0 Å². The Morgan fingerprint density at radius 1 is 1.26 bits per heavy atom. The molecule has 0 spiro atoms. The second kappa shape index (κ2) is 6.19. The number of benzene rings is 1. The lowest BCUT2D eigenvalue weighted by Gasteiger charge is -2.16. The number of hydrogen-bond acceptors (Lipinski definition) is 4. The zero-order chi connectivity index (χ0) is 15.8. The summed E-state index contributed by atoms with van der Waals surface area (Å²) in [7, 11) is 0. The maximum atomic E-state index is 12.3. The van der Waals surface area contributed by atoms with Gasteiger partial charge >= 0.3 is 0 Å². The molecular formula is C17H16BrN3OS. The van der Waals surface area contributed by atoms with E-state index in [0.717, 1.165) is 30.9 Å². The van der Waals surface area contributed by atoms with Crippen LogP contribution in [0.1, 0.15) is 23.7 Å². The summed E-state index contributed by atoms with van der Waals surface area (Å²) in [4.78, 5) is 19.3. The average molecular weight is 390 g/mol. The molecule has 1 fully saturated rings. The van der Waals surface area contributed by atoms with Crippen molar-refractivity contribution in [3.63, 3.8) is 0 Å². The first kappa shape index (κ1) is 15.1. The fourth-order valence-electron chi connectivity index (χ4n) is 3.21. The third kappa shape index (κ3) is 2.86. The van der Waals surface area contributed by atoms with Gasteiger partial charge in [-0.1, -0.05) is 30.3 Å². The number of thiophene rings is 1. The molecule has 0 amide bonds. The third-order valence-corrected chi connectivity index (χ3v) is 6.02. The van der Waals surface area contributed by atoms with E-state index in [0.29, 0.717) is 17.2 Å². The van der Waals surface area contributed by atoms with E-state index < -0.39 is 0 Å². The summed E-state index contributed by atoms with van der Waals surface area (Å²) in [6.07, 6.45) is 1.15. The lowest BCUT2D eigenvalue weighted by Crippen LogP contribution is -2.26. The lowest BCUT2D eigenvalue weighted by molar-refractivity contribution is 0.317. The van der Waals surface area contributed by atoms with Crippen LogP contribution < -0.4 is 5.56 Å². The highest BCUT2D eigenvalue weighted by Gasteiger charge is 2.25. The Bertz CT molecular complexity index is 890. The first-order chi connectivity index (χ1) is 11.2. The van der Waals surface area contributed by atoms with Crippen LogP contribution in [0.2, 0.25) is 0 Å². The molecule has 118 valence electrons. The van der Waals surface area contributed by atoms with Gasteiger partial charge < -0.3 is 0 Å². The van der Waals surface area contributed by atoms with Crippen LogP contribution in [-0.4, -0.2) is 26.6 Å². The van der Waals surface area contributed by atoms with Crippen molar-refractivity contribution in [1.29, 1.82) is 0 Å². The quantitative estimate of drug-likeness (QED) is 0.686. The minimum absolute atomic E-state index is 0.0150. The van der Waals surface area contributed by atoms with Crippen molar-refractivity contribution in [1.82, 2.24) is 13.5 Å². The molecule has 1 aliphatic rings. The van der Waals surface area contributed by atoms with Crippen molar-refractivity contribution < 1.29 is 0 Å². The molecule has 1 unspecified atom stereocenters. The van der Waals surface area contributed by atoms with Gasteiger partial charge in [-0.25, -0.2) is 8.58 Å². The first-order valence-corrected chi connectivity index (χ1v) is 9.24. The van der Waals surface area contributed by atoms with Gasteiger partial charge in [-0.15, -0.1) is 11.3 Å². The average Bonchev–Trinajstić information content (AvgIpc) is 3.22. The van der Waals surface area contributed by atoms with Crippen LogP contribution in [0.5, 0.6) is 0 Å². The number of aromatic nitrogens is 2. The van der Waals surface area contributed by atoms with E-state index in [1.807, 2.05) is 11.4 Å². The molecule has 1 aliphatic heterocycles. The summed E-state index contributed by atoms with van der Waals surface area (Å²) in [6.45, 7) is 2.73. The van der Waals surface area contributed by atoms with Gasteiger partial charge in [0, 0.05) is 6.54 Å². The highest BCUT2D eigenvalue weighted by molar-refractivity contribution is 9.08. The molecule has 1 saturated heterocycles. The van der Waals surface area contributed by atoms with Crippen molar-refractivity contribution in [2.75, 3.05) is 13.1 Å². The highest BCUT2D eigenvalue weighted by Crippen LogP contribution is 2.28. The molecule has 3 aromatic rings. The van der Waals surface area contributed by atoms with E-state index in [1.165, 1.54) is 20.5 Å². The number of hydrogen-bond donors (Lipinski definition) is 0. The summed E-state index contributed by atoms with van der Waals surface area (Å²) in [5, 5.41) is 1.91. The van der Waals surface area contributed by atoms with Gasteiger partial charge in [-0.05, 0) is 35.9 Å². The summed E-state index contributed by atoms with van der Waals surface area (Å²) in [5.74, 6) is 1.34. The molecule has 0 aliphatic carbocycles. The van der Waals surface area contributed by atoms with Crippen LogP contribution in [0.15, 0.2) is 46.6 Å². The van der Waals surface area contributed by atoms with Crippen LogP contribution in [0.4, 0.5) is 0 Å². The zero-order valence-corrected chi connectivity index (χ0v) is 14.9. The van der Waals surface area contributed by atoms with Crippen LogP contribution >= 0.6 is 27.5 Å². The van der Waals surface area contributed by atoms with Crippen LogP contribution in [0.3, 0.4) is 0 Å². The maximum absolute atomic E-state index is 12.3. The fraction of sp³-hybridized carbons (Fsp3) is 0.294. The molecule has 3 heterocycles. The van der Waals surface area contributed by atoms with E-state index in [2.05, 4.69) is 56.4 Å². The molecular weight excluding hydrogens is 374 g/mol. The molecule has 0 saturated carbocycles. The molecule has 1 atom stereocenters. The number of likely N-dealkylation sites (tertiary alicyclic amines) is 1. The predicted molar refractivity (Wildman–Crippen MR) is 97.3 cm³/mol. The number of rotatable bonds is 3. The molecule has 0 radical (unpaired) electrons. The van der Waals surface area contributed by atoms with Crippen LogP contribution in [-0.2, 0) is 6.54 Å². The Balaban J connectivity index is 1.55. The summed E-state index contributed by atoms with van der Waals surface area (Å²) in [5.41, 5.74) is 2.18. The van der Waals surface area contributed by atoms with Gasteiger partial charge in [-0.2, -0.15) is 0 Å². The van der Waals surface area contributed by atoms with E-state index in [9.17, 15) is 4.79 Å². The normalized spacial score (nSPS) is 18.7. The van der Waals surface area contributed by atoms with Gasteiger partial charge in [0.15, 0.2) is 0 Å². The lowest BCUT2D eigenvalue weighted by atomic mass is 9.99. The predicted octanol–water partition coefficient (Wildman–Crippen LogP) is 3.61. The highest BCUT2D eigenvalue weighted by atomic mass is 79.9. The Kier molecular flexibility index (Phi) is 4.05. The second-order valence-electron chi connectivity index (χ2n) is 5.88. The SMILES string of the molecule is O=c1c2sccc2nc(CN2CCC(c3ccccc3)C2)n1Br. The number of halogens is 1. The molecule has 2 aromatic heterocycles. The fourth-order valence-corrected chi connectivity index (χ4v) is 4.46. The summed E-state index contributed by atoms with van der Waals surface area (Å²) >= 11 is 4.81. The van der Waals surface area contributed by atoms with Crippen LogP contribution in [0, 0.1) is 0 Å². The van der Waals surface area contributed by atoms with Gasteiger partial charge in [0.2, 0.25) is 0 Å². The Labute approximate surface area is 146 Å². The van der Waals surface area contributed by atoms with Crippen molar-refractivity contribution in [2.45, 2.75) is 18.9 Å². The monoisotopic (exact) mass is 389 g/mol. The van der Waals surface area contributed by atoms with Crippen molar-refractivity contribution in [3.8, 4) is 0 Å². The first-order valence-electron chi connectivity index (χ1n) is 7.65. The number of nitrogens with zero attached hydrogens (tertiary/aromatic N) is 3. The Morgan fingerprint density at radius 2 is 2.09 bits per heavy atom. The summed E-state index contributed by atoms with van der Waals surface area (Å²) < 4.78 is 2.22. The summed E-state index contributed by atoms with van der Waals surface area (Å²) in [6, 6.07) is 12.6. The second-order valence-corrected chi connectivity index (χ2v) is 7.51.